The monoisotopic (exact) mass is 167 g/mol. The van der Waals surface area contributed by atoms with Crippen LogP contribution in [0.1, 0.15) is 20.8 Å². The lowest BCUT2D eigenvalue weighted by Gasteiger charge is -1.85. The molecule has 0 radical (unpaired) electrons. The van der Waals surface area contributed by atoms with Gasteiger partial charge in [-0.25, -0.2) is 13.1 Å². The average molecular weight is 167 g/mol. The van der Waals surface area contributed by atoms with Gasteiger partial charge in [0.15, 0.2) is 0 Å². The Labute approximate surface area is 63.9 Å². The summed E-state index contributed by atoms with van der Waals surface area (Å²) in [4.78, 5) is 0. The minimum atomic E-state index is -2.91. The highest BCUT2D eigenvalue weighted by molar-refractivity contribution is 7.88. The van der Waals surface area contributed by atoms with Crippen LogP contribution in [-0.2, 0) is 10.0 Å². The number of sulfonamides is 1. The predicted molar refractivity (Wildman–Crippen MR) is 44.4 cm³/mol. The highest BCUT2D eigenvalue weighted by atomic mass is 32.2. The first-order chi connectivity index (χ1) is 4.29. The van der Waals surface area contributed by atoms with Crippen LogP contribution in [0.15, 0.2) is 0 Å². The van der Waals surface area contributed by atoms with Crippen molar-refractivity contribution in [1.82, 2.24) is 4.72 Å². The van der Waals surface area contributed by atoms with Gasteiger partial charge < -0.3 is 0 Å². The highest BCUT2D eigenvalue weighted by Crippen LogP contribution is 1.81. The molecule has 0 heterocycles. The molecular formula is C6H17NO2S. The van der Waals surface area contributed by atoms with Gasteiger partial charge in [-0.2, -0.15) is 0 Å². The molecule has 0 aliphatic rings. The van der Waals surface area contributed by atoms with Crippen LogP contribution in [0.2, 0.25) is 0 Å². The third kappa shape index (κ3) is 44.6. The van der Waals surface area contributed by atoms with Crippen molar-refractivity contribution < 1.29 is 8.42 Å². The molecule has 0 atom stereocenters. The molecule has 0 fully saturated rings. The van der Waals surface area contributed by atoms with Gasteiger partial charge in [-0.05, 0) is 13.0 Å². The third-order valence-corrected chi connectivity index (χ3v) is 1.11. The molecule has 3 nitrogen and oxygen atoms in total. The first-order valence-corrected chi connectivity index (χ1v) is 5.07. The van der Waals surface area contributed by atoms with E-state index >= 15 is 0 Å². The minimum Gasteiger partial charge on any atom is -0.219 e. The normalized spacial score (nSPS) is 10.6. The van der Waals surface area contributed by atoms with E-state index in [1.54, 1.807) is 0 Å². The molecule has 0 aliphatic heterocycles. The summed E-state index contributed by atoms with van der Waals surface area (Å²) in [6.07, 6.45) is 1.10. The minimum absolute atomic E-state index is 0.833. The molecule has 0 spiro atoms. The first kappa shape index (κ1) is 12.6. The average Bonchev–Trinajstić information content (AvgIpc) is 1.63. The lowest BCUT2D eigenvalue weighted by molar-refractivity contribution is 0.594. The van der Waals surface area contributed by atoms with Crippen LogP contribution in [-0.4, -0.2) is 21.7 Å². The van der Waals surface area contributed by atoms with Gasteiger partial charge in [-0.1, -0.05) is 20.8 Å². The van der Waals surface area contributed by atoms with Crippen molar-refractivity contribution >= 4 is 10.0 Å². The van der Waals surface area contributed by atoms with Crippen molar-refractivity contribution in [1.29, 1.82) is 0 Å². The molecule has 0 saturated carbocycles. The summed E-state index contributed by atoms with van der Waals surface area (Å²) in [6.45, 7) is 6.50. The fraction of sp³-hybridized carbons (Fsp3) is 1.00. The van der Waals surface area contributed by atoms with Gasteiger partial charge in [0.25, 0.3) is 0 Å². The van der Waals surface area contributed by atoms with E-state index in [4.69, 9.17) is 0 Å². The van der Waals surface area contributed by atoms with Gasteiger partial charge >= 0.3 is 0 Å². The molecule has 0 saturated heterocycles. The molecule has 4 heteroatoms. The molecule has 0 bridgehead atoms. The van der Waals surface area contributed by atoms with E-state index in [9.17, 15) is 8.42 Å². The lowest BCUT2D eigenvalue weighted by atomic mass is 10.3. The number of rotatable bonds is 1. The summed E-state index contributed by atoms with van der Waals surface area (Å²) in [6, 6.07) is 0. The fourth-order valence-corrected chi connectivity index (χ4v) is 0. The zero-order valence-corrected chi connectivity index (χ0v) is 8.12. The van der Waals surface area contributed by atoms with E-state index in [1.807, 2.05) is 0 Å². The SMILES string of the molecule is CC(C)C.CNS(C)(=O)=O. The summed E-state index contributed by atoms with van der Waals surface area (Å²) >= 11 is 0. The highest BCUT2D eigenvalue weighted by Gasteiger charge is 1.88. The van der Waals surface area contributed by atoms with Crippen molar-refractivity contribution in [2.24, 2.45) is 5.92 Å². The smallest absolute Gasteiger partial charge is 0.208 e. The second-order valence-corrected chi connectivity index (χ2v) is 4.66. The van der Waals surface area contributed by atoms with Gasteiger partial charge in [0.05, 0.1) is 6.26 Å². The Balaban J connectivity index is 0. The van der Waals surface area contributed by atoms with Gasteiger partial charge in [0, 0.05) is 0 Å². The zero-order valence-electron chi connectivity index (χ0n) is 7.30. The molecule has 0 aliphatic carbocycles. The van der Waals surface area contributed by atoms with E-state index in [2.05, 4.69) is 25.5 Å². The Bertz CT molecular complexity index is 146. The largest absolute Gasteiger partial charge is 0.219 e. The molecule has 10 heavy (non-hydrogen) atoms. The van der Waals surface area contributed by atoms with Crippen LogP contribution in [0.5, 0.6) is 0 Å². The lowest BCUT2D eigenvalue weighted by Crippen LogP contribution is -2.15. The Kier molecular flexibility index (Phi) is 7.14. The van der Waals surface area contributed by atoms with Crippen LogP contribution in [0, 0.1) is 5.92 Å². The van der Waals surface area contributed by atoms with E-state index in [-0.39, 0.29) is 0 Å². The number of hydrogen-bond donors (Lipinski definition) is 1. The third-order valence-electron chi connectivity index (χ3n) is 0.371. The summed E-state index contributed by atoms with van der Waals surface area (Å²) in [5, 5.41) is 0. The van der Waals surface area contributed by atoms with E-state index in [1.165, 1.54) is 7.05 Å². The van der Waals surface area contributed by atoms with E-state index in [0.717, 1.165) is 12.2 Å². The molecule has 0 amide bonds. The molecule has 0 aromatic rings. The van der Waals surface area contributed by atoms with Crippen molar-refractivity contribution in [3.8, 4) is 0 Å². The molecular weight excluding hydrogens is 150 g/mol. The number of hydrogen-bond acceptors (Lipinski definition) is 2. The quantitative estimate of drug-likeness (QED) is 0.628. The summed E-state index contributed by atoms with van der Waals surface area (Å²) in [5.74, 6) is 0.833. The maximum Gasteiger partial charge on any atom is 0.208 e. The second kappa shape index (κ2) is 5.68. The van der Waals surface area contributed by atoms with E-state index in [0.29, 0.717) is 0 Å². The molecule has 0 rings (SSSR count). The van der Waals surface area contributed by atoms with E-state index < -0.39 is 10.0 Å². The Hall–Kier alpha value is -0.0900. The maximum absolute atomic E-state index is 9.89. The van der Waals surface area contributed by atoms with Crippen molar-refractivity contribution in [2.45, 2.75) is 20.8 Å². The fourth-order valence-electron chi connectivity index (χ4n) is 0. The maximum atomic E-state index is 9.89. The van der Waals surface area contributed by atoms with Gasteiger partial charge in [-0.3, -0.25) is 0 Å². The van der Waals surface area contributed by atoms with Gasteiger partial charge in [-0.15, -0.1) is 0 Å². The van der Waals surface area contributed by atoms with Crippen LogP contribution in [0.3, 0.4) is 0 Å². The van der Waals surface area contributed by atoms with Gasteiger partial charge in [0.1, 0.15) is 0 Å². The number of nitrogens with one attached hydrogen (secondary N) is 1. The first-order valence-electron chi connectivity index (χ1n) is 3.18. The molecule has 0 aromatic carbocycles. The molecule has 0 unspecified atom stereocenters. The van der Waals surface area contributed by atoms with Crippen molar-refractivity contribution in [2.75, 3.05) is 13.3 Å². The van der Waals surface area contributed by atoms with Crippen LogP contribution >= 0.6 is 0 Å². The van der Waals surface area contributed by atoms with Crippen LogP contribution < -0.4 is 4.72 Å². The standard InChI is InChI=1S/C4H10.C2H7NO2S/c1-4(2)3;1-3-6(2,4)5/h4H,1-3H3;3H,1-2H3. The Morgan fingerprint density at radius 2 is 1.30 bits per heavy atom. The molecule has 0 aromatic heterocycles. The van der Waals surface area contributed by atoms with Gasteiger partial charge in [0.2, 0.25) is 10.0 Å². The van der Waals surface area contributed by atoms with Crippen LogP contribution in [0.4, 0.5) is 0 Å². The van der Waals surface area contributed by atoms with Crippen LogP contribution in [0.25, 0.3) is 0 Å². The molecule has 64 valence electrons. The Morgan fingerprint density at radius 1 is 1.20 bits per heavy atom. The predicted octanol–water partition coefficient (Wildman–Crippen LogP) is 0.828. The summed E-state index contributed by atoms with van der Waals surface area (Å²) < 4.78 is 21.9. The zero-order chi connectivity index (χ0) is 8.78. The molecule has 1 N–H and O–H groups in total. The second-order valence-electron chi connectivity index (χ2n) is 2.71. The topological polar surface area (TPSA) is 46.2 Å². The van der Waals surface area contributed by atoms with Crippen molar-refractivity contribution in [3.63, 3.8) is 0 Å². The summed E-state index contributed by atoms with van der Waals surface area (Å²) in [7, 11) is -1.54. The Morgan fingerprint density at radius 3 is 1.30 bits per heavy atom. The van der Waals surface area contributed by atoms with Crippen molar-refractivity contribution in [3.05, 3.63) is 0 Å². The summed E-state index contributed by atoms with van der Waals surface area (Å²) in [5.41, 5.74) is 0.